The van der Waals surface area contributed by atoms with Crippen LogP contribution >= 0.6 is 0 Å². The number of pyridine rings is 2. The van der Waals surface area contributed by atoms with Gasteiger partial charge in [0.2, 0.25) is 0 Å². The minimum Gasteiger partial charge on any atom is -0.494 e. The van der Waals surface area contributed by atoms with Gasteiger partial charge < -0.3 is 15.2 Å². The summed E-state index contributed by atoms with van der Waals surface area (Å²) in [6, 6.07) is 13.1. The van der Waals surface area contributed by atoms with Gasteiger partial charge in [-0.3, -0.25) is 9.88 Å². The summed E-state index contributed by atoms with van der Waals surface area (Å²) < 4.78 is 18.6. The van der Waals surface area contributed by atoms with E-state index >= 15 is 0 Å². The molecule has 0 aliphatic carbocycles. The Morgan fingerprint density at radius 3 is 2.59 bits per heavy atom. The van der Waals surface area contributed by atoms with Crippen molar-refractivity contribution in [3.63, 3.8) is 0 Å². The number of nitrogens with zero attached hydrogens (tertiary/aromatic N) is 3. The van der Waals surface area contributed by atoms with E-state index in [1.807, 2.05) is 31.3 Å². The summed E-state index contributed by atoms with van der Waals surface area (Å²) in [7, 11) is 0. The van der Waals surface area contributed by atoms with E-state index in [-0.39, 0.29) is 12.4 Å². The van der Waals surface area contributed by atoms with Gasteiger partial charge in [0.05, 0.1) is 31.3 Å². The Hall–Kier alpha value is -3.03. The Morgan fingerprint density at radius 2 is 1.94 bits per heavy atom. The largest absolute Gasteiger partial charge is 0.494 e. The van der Waals surface area contributed by atoms with Crippen LogP contribution in [0.3, 0.4) is 0 Å². The average Bonchev–Trinajstić information content (AvgIpc) is 2.83. The lowest BCUT2D eigenvalue weighted by Gasteiger charge is -2.32. The molecule has 4 rings (SSSR count). The van der Waals surface area contributed by atoms with Crippen molar-refractivity contribution in [1.82, 2.24) is 14.9 Å². The highest BCUT2D eigenvalue weighted by atomic mass is 19.1. The van der Waals surface area contributed by atoms with Crippen LogP contribution in [0.15, 0.2) is 54.9 Å². The van der Waals surface area contributed by atoms with Gasteiger partial charge in [0, 0.05) is 23.7 Å². The lowest BCUT2D eigenvalue weighted by molar-refractivity contribution is 0.203. The van der Waals surface area contributed by atoms with Crippen molar-refractivity contribution in [2.45, 2.75) is 38.8 Å². The van der Waals surface area contributed by atoms with Crippen molar-refractivity contribution in [2.75, 3.05) is 25.0 Å². The number of halogens is 1. The van der Waals surface area contributed by atoms with Crippen molar-refractivity contribution in [2.24, 2.45) is 0 Å². The number of ether oxygens (including phenoxy) is 1. The summed E-state index contributed by atoms with van der Waals surface area (Å²) >= 11 is 0. The van der Waals surface area contributed by atoms with Crippen LogP contribution in [0.1, 0.15) is 42.5 Å². The van der Waals surface area contributed by atoms with E-state index in [1.54, 1.807) is 6.07 Å². The van der Waals surface area contributed by atoms with Crippen LogP contribution in [0.25, 0.3) is 0 Å². The average molecular weight is 437 g/mol. The first-order valence-electron chi connectivity index (χ1n) is 11.1. The van der Waals surface area contributed by atoms with Crippen molar-refractivity contribution in [3.8, 4) is 5.75 Å². The van der Waals surface area contributed by atoms with Crippen LogP contribution in [0.2, 0.25) is 0 Å². The monoisotopic (exact) mass is 436 g/mol. The maximum Gasteiger partial charge on any atom is 0.141 e. The molecule has 0 amide bonds. The first kappa shape index (κ1) is 22.2. The molecule has 1 aliphatic rings. The first-order chi connectivity index (χ1) is 15.6. The van der Waals surface area contributed by atoms with Crippen LogP contribution in [-0.4, -0.2) is 39.7 Å². The summed E-state index contributed by atoms with van der Waals surface area (Å²) in [4.78, 5) is 11.1. The van der Waals surface area contributed by atoms with Crippen LogP contribution in [0.4, 0.5) is 15.9 Å². The first-order valence-corrected chi connectivity index (χ1v) is 11.1. The number of piperidine rings is 1. The highest BCUT2D eigenvalue weighted by Crippen LogP contribution is 2.29. The molecule has 0 saturated carbocycles. The van der Waals surface area contributed by atoms with Gasteiger partial charge in [-0.2, -0.15) is 0 Å². The number of benzene rings is 1. The minimum absolute atomic E-state index is 0.0149. The van der Waals surface area contributed by atoms with Crippen LogP contribution in [0, 0.1) is 5.82 Å². The van der Waals surface area contributed by atoms with E-state index in [4.69, 9.17) is 4.74 Å². The standard InChI is InChI=1S/C25H29FN4O2/c1-2-32-24-7-3-18(13-20(24)17-31)16-30-11-9-19(10-12-30)23-6-5-22(15-27-23)29-25-8-4-21(26)14-28-25/h3-8,13-15,19,31H,2,9-12,16-17H2,1H3,(H,28,29). The molecule has 32 heavy (non-hydrogen) atoms. The Labute approximate surface area is 188 Å². The molecule has 0 bridgehead atoms. The second kappa shape index (κ2) is 10.5. The molecule has 168 valence electrons. The molecule has 7 heteroatoms. The number of anilines is 2. The van der Waals surface area contributed by atoms with Crippen molar-refractivity contribution >= 4 is 11.5 Å². The van der Waals surface area contributed by atoms with Gasteiger partial charge in [0.25, 0.3) is 0 Å². The zero-order valence-corrected chi connectivity index (χ0v) is 18.3. The summed E-state index contributed by atoms with van der Waals surface area (Å²) in [6.07, 6.45) is 5.12. The smallest absolute Gasteiger partial charge is 0.141 e. The van der Waals surface area contributed by atoms with E-state index in [1.165, 1.54) is 17.8 Å². The number of aliphatic hydroxyl groups is 1. The van der Waals surface area contributed by atoms with Crippen molar-refractivity contribution in [3.05, 3.63) is 77.5 Å². The lowest BCUT2D eigenvalue weighted by atomic mass is 9.92. The summed E-state index contributed by atoms with van der Waals surface area (Å²) in [5.74, 6) is 1.44. The topological polar surface area (TPSA) is 70.5 Å². The zero-order valence-electron chi connectivity index (χ0n) is 18.3. The number of likely N-dealkylation sites (tertiary alicyclic amines) is 1. The normalized spacial score (nSPS) is 15.0. The molecular formula is C25H29FN4O2. The van der Waals surface area contributed by atoms with Gasteiger partial charge in [-0.1, -0.05) is 6.07 Å². The van der Waals surface area contributed by atoms with E-state index in [0.717, 1.165) is 55.2 Å². The van der Waals surface area contributed by atoms with Crippen molar-refractivity contribution < 1.29 is 14.2 Å². The van der Waals surface area contributed by atoms with Gasteiger partial charge in [-0.15, -0.1) is 0 Å². The second-order valence-electron chi connectivity index (χ2n) is 8.04. The highest BCUT2D eigenvalue weighted by Gasteiger charge is 2.22. The molecule has 2 N–H and O–H groups in total. The van der Waals surface area contributed by atoms with Gasteiger partial charge in [-0.05, 0) is 74.8 Å². The molecule has 1 saturated heterocycles. The summed E-state index contributed by atoms with van der Waals surface area (Å²) in [5, 5.41) is 12.8. The Balaban J connectivity index is 1.30. The maximum absolute atomic E-state index is 13.0. The Morgan fingerprint density at radius 1 is 1.09 bits per heavy atom. The van der Waals surface area contributed by atoms with Crippen LogP contribution in [0.5, 0.6) is 5.75 Å². The molecule has 0 spiro atoms. The van der Waals surface area contributed by atoms with Crippen molar-refractivity contribution in [1.29, 1.82) is 0 Å². The van der Waals surface area contributed by atoms with Gasteiger partial charge >= 0.3 is 0 Å². The maximum atomic E-state index is 13.0. The van der Waals surface area contributed by atoms with Gasteiger partial charge in [0.1, 0.15) is 17.4 Å². The van der Waals surface area contributed by atoms with Gasteiger partial charge in [0.15, 0.2) is 0 Å². The summed E-state index contributed by atoms with van der Waals surface area (Å²) in [6.45, 7) is 5.40. The molecule has 0 atom stereocenters. The third-order valence-corrected chi connectivity index (χ3v) is 5.79. The molecular weight excluding hydrogens is 407 g/mol. The zero-order chi connectivity index (χ0) is 22.3. The van der Waals surface area contributed by atoms with Crippen LogP contribution < -0.4 is 10.1 Å². The minimum atomic E-state index is -0.355. The molecule has 6 nitrogen and oxygen atoms in total. The fourth-order valence-electron chi connectivity index (χ4n) is 4.11. The molecule has 1 aliphatic heterocycles. The number of aromatic nitrogens is 2. The number of rotatable bonds is 8. The fraction of sp³-hybridized carbons (Fsp3) is 0.360. The number of hydrogen-bond donors (Lipinski definition) is 2. The van der Waals surface area contributed by atoms with E-state index in [2.05, 4.69) is 32.3 Å². The predicted octanol–water partition coefficient (Wildman–Crippen LogP) is 4.63. The Bertz CT molecular complexity index is 1000. The third-order valence-electron chi connectivity index (χ3n) is 5.79. The predicted molar refractivity (Wildman–Crippen MR) is 123 cm³/mol. The highest BCUT2D eigenvalue weighted by molar-refractivity contribution is 5.54. The molecule has 0 unspecified atom stereocenters. The molecule has 3 heterocycles. The van der Waals surface area contributed by atoms with E-state index in [9.17, 15) is 9.50 Å². The quantitative estimate of drug-likeness (QED) is 0.537. The summed E-state index contributed by atoms with van der Waals surface area (Å²) in [5.41, 5.74) is 3.97. The molecule has 0 radical (unpaired) electrons. The molecule has 2 aromatic heterocycles. The van der Waals surface area contributed by atoms with Crippen LogP contribution in [-0.2, 0) is 13.2 Å². The van der Waals surface area contributed by atoms with E-state index < -0.39 is 0 Å². The Kier molecular flexibility index (Phi) is 7.29. The molecule has 1 aromatic carbocycles. The second-order valence-corrected chi connectivity index (χ2v) is 8.04. The number of nitrogens with one attached hydrogen (secondary N) is 1. The SMILES string of the molecule is CCOc1ccc(CN2CCC(c3ccc(Nc4ccc(F)cn4)cn3)CC2)cc1CO. The lowest BCUT2D eigenvalue weighted by Crippen LogP contribution is -2.32. The fourth-order valence-corrected chi connectivity index (χ4v) is 4.11. The number of aliphatic hydroxyl groups excluding tert-OH is 1. The van der Waals surface area contributed by atoms with E-state index in [0.29, 0.717) is 18.3 Å². The third kappa shape index (κ3) is 5.60. The van der Waals surface area contributed by atoms with Gasteiger partial charge in [-0.25, -0.2) is 9.37 Å². The molecule has 3 aromatic rings. The number of hydrogen-bond acceptors (Lipinski definition) is 6. The molecule has 1 fully saturated rings.